The molecule has 12 nitrogen and oxygen atoms in total. The summed E-state index contributed by atoms with van der Waals surface area (Å²) in [5.74, 6) is -6.83. The quantitative estimate of drug-likeness (QED) is 0.102. The molecular weight excluding hydrogens is 957 g/mol. The first kappa shape index (κ1) is 45.4. The van der Waals surface area contributed by atoms with Crippen molar-refractivity contribution in [3.05, 3.63) is 209 Å². The van der Waals surface area contributed by atoms with E-state index in [0.29, 0.717) is 22.3 Å². The molecule has 0 bridgehead atoms. The Morgan fingerprint density at radius 1 is 0.347 bits per heavy atom. The van der Waals surface area contributed by atoms with Crippen LogP contribution < -0.4 is 0 Å². The van der Waals surface area contributed by atoms with E-state index >= 15 is 17.6 Å². The van der Waals surface area contributed by atoms with Gasteiger partial charge < -0.3 is 0 Å². The highest BCUT2D eigenvalue weighted by Crippen LogP contribution is 2.59. The lowest BCUT2D eigenvalue weighted by atomic mass is 9.88. The molecule has 0 aliphatic heterocycles. The van der Waals surface area contributed by atoms with Crippen molar-refractivity contribution in [1.82, 2.24) is 29.9 Å². The molecule has 0 atom stereocenters. The maximum atomic E-state index is 16.4. The molecule has 2 aliphatic carbocycles. The normalized spacial score (nSPS) is 14.2. The van der Waals surface area contributed by atoms with Gasteiger partial charge in [-0.3, -0.25) is 0 Å². The fourth-order valence-corrected chi connectivity index (χ4v) is 9.92. The smallest absolute Gasteiger partial charge is 0.188 e. The van der Waals surface area contributed by atoms with Gasteiger partial charge in [0.2, 0.25) is 0 Å². The zero-order chi connectivity index (χ0) is 50.2. The molecule has 0 amide bonds. The van der Waals surface area contributed by atoms with E-state index in [1.54, 1.807) is 133 Å². The molecule has 10 rings (SSSR count). The van der Waals surface area contributed by atoms with Gasteiger partial charge in [0.15, 0.2) is 58.2 Å². The predicted octanol–water partition coefficient (Wildman–Crippen LogP) is 11.7. The van der Waals surface area contributed by atoms with E-state index in [1.165, 1.54) is 0 Å². The van der Waals surface area contributed by atoms with E-state index in [2.05, 4.69) is 12.1 Å². The first-order chi connectivity index (χ1) is 35.1. The summed E-state index contributed by atoms with van der Waals surface area (Å²) in [6.45, 7) is 0. The van der Waals surface area contributed by atoms with Crippen molar-refractivity contribution in [3.63, 3.8) is 0 Å². The Hall–Kier alpha value is -10.3. The van der Waals surface area contributed by atoms with Gasteiger partial charge in [0.05, 0.1) is 32.0 Å². The summed E-state index contributed by atoms with van der Waals surface area (Å²) in [5.41, 5.74) is -2.77. The highest BCUT2D eigenvalue weighted by molar-refractivity contribution is 7.14. The lowest BCUT2D eigenvalue weighted by Crippen LogP contribution is -2.09. The molecule has 2 aliphatic rings. The standard InChI is InChI=1S/C54H20F4N12S2/c55-43-35(25-63)71-47(45(43)57)33(23-61)39-38-32(22-60)42(54-69-51(29-17-9-3-10-18-29)66-52(70-54)30-19-11-4-12-20-30)40(34(24-62)48-46(58)44(56)36(26-64)72-48)37(38)31(21-59)41(39)53-67-49(27-13-5-1-6-14-27)65-50(68-53)28-15-7-2-8-16-28/h1-20H/b39-33+,40-34+. The van der Waals surface area contributed by atoms with Crippen LogP contribution in [-0.4, -0.2) is 29.9 Å². The lowest BCUT2D eigenvalue weighted by molar-refractivity contribution is 0.513. The number of hydrogen-bond donors (Lipinski definition) is 0. The number of rotatable bonds is 8. The van der Waals surface area contributed by atoms with Crippen LogP contribution in [0, 0.1) is 91.3 Å². The summed E-state index contributed by atoms with van der Waals surface area (Å²) < 4.78 is 63.8. The van der Waals surface area contributed by atoms with Gasteiger partial charge in [0.25, 0.3) is 0 Å². The van der Waals surface area contributed by atoms with Gasteiger partial charge in [0, 0.05) is 55.7 Å². The van der Waals surface area contributed by atoms with Gasteiger partial charge in [0.1, 0.15) is 46.2 Å². The largest absolute Gasteiger partial charge is 0.208 e. The second kappa shape index (κ2) is 18.6. The molecule has 0 saturated carbocycles. The van der Waals surface area contributed by atoms with E-state index in [4.69, 9.17) is 29.9 Å². The van der Waals surface area contributed by atoms with Gasteiger partial charge in [-0.2, -0.15) is 31.6 Å². The van der Waals surface area contributed by atoms with Crippen LogP contribution in [0.1, 0.15) is 31.2 Å². The number of benzene rings is 4. The molecule has 0 N–H and O–H groups in total. The number of nitrogens with zero attached hydrogens (tertiary/aromatic N) is 12. The van der Waals surface area contributed by atoms with Crippen LogP contribution in [0.2, 0.25) is 0 Å². The van der Waals surface area contributed by atoms with E-state index in [9.17, 15) is 31.6 Å². The Labute approximate surface area is 413 Å². The lowest BCUT2D eigenvalue weighted by Gasteiger charge is -2.17. The maximum absolute atomic E-state index is 16.4. The molecule has 72 heavy (non-hydrogen) atoms. The molecular formula is C54H20F4N12S2. The summed E-state index contributed by atoms with van der Waals surface area (Å²) in [6, 6.07) is 45.6. The molecule has 4 aromatic carbocycles. The zero-order valence-electron chi connectivity index (χ0n) is 36.2. The fraction of sp³-hybridized carbons (Fsp3) is 0. The van der Waals surface area contributed by atoms with E-state index in [1.807, 2.05) is 12.1 Å². The number of allylic oxidation sites excluding steroid dienone is 10. The minimum Gasteiger partial charge on any atom is -0.208 e. The van der Waals surface area contributed by atoms with Crippen molar-refractivity contribution in [2.24, 2.45) is 0 Å². The molecule has 0 saturated heterocycles. The highest BCUT2D eigenvalue weighted by Gasteiger charge is 2.47. The molecule has 0 radical (unpaired) electrons. The van der Waals surface area contributed by atoms with Crippen molar-refractivity contribution in [2.45, 2.75) is 0 Å². The van der Waals surface area contributed by atoms with E-state index in [-0.39, 0.29) is 79.9 Å². The number of thiophene rings is 2. The Morgan fingerprint density at radius 2 is 0.625 bits per heavy atom. The summed E-state index contributed by atoms with van der Waals surface area (Å²) >= 11 is 0.558. The third-order valence-electron chi connectivity index (χ3n) is 11.3. The molecule has 4 aromatic heterocycles. The summed E-state index contributed by atoms with van der Waals surface area (Å²) in [5, 5.41) is 65.3. The Morgan fingerprint density at radius 3 is 0.861 bits per heavy atom. The first-order valence-electron chi connectivity index (χ1n) is 21.0. The van der Waals surface area contributed by atoms with Crippen molar-refractivity contribution < 1.29 is 17.6 Å². The molecule has 0 fully saturated rings. The molecule has 0 unspecified atom stereocenters. The summed E-state index contributed by atoms with van der Waals surface area (Å²) in [4.78, 5) is 25.7. The second-order valence-electron chi connectivity index (χ2n) is 15.3. The van der Waals surface area contributed by atoms with Crippen LogP contribution in [-0.2, 0) is 0 Å². The predicted molar refractivity (Wildman–Crippen MR) is 256 cm³/mol. The van der Waals surface area contributed by atoms with E-state index < -0.39 is 76.2 Å². The third kappa shape index (κ3) is 7.48. The first-order valence-corrected chi connectivity index (χ1v) is 22.6. The van der Waals surface area contributed by atoms with Gasteiger partial charge in [-0.15, -0.1) is 22.7 Å². The van der Waals surface area contributed by atoms with Crippen LogP contribution in [0.15, 0.2) is 155 Å². The van der Waals surface area contributed by atoms with Gasteiger partial charge in [-0.1, -0.05) is 121 Å². The number of aromatic nitrogens is 6. The van der Waals surface area contributed by atoms with Crippen molar-refractivity contribution >= 4 is 45.0 Å². The number of hydrogen-bond acceptors (Lipinski definition) is 14. The topological polar surface area (TPSA) is 220 Å². The van der Waals surface area contributed by atoms with Gasteiger partial charge in [-0.25, -0.2) is 47.5 Å². The minimum atomic E-state index is -1.61. The average molecular weight is 977 g/mol. The Kier molecular flexibility index (Phi) is 11.8. The second-order valence-corrected chi connectivity index (χ2v) is 17.3. The minimum absolute atomic E-state index is 0.0479. The number of nitriles is 6. The van der Waals surface area contributed by atoms with Crippen LogP contribution in [0.5, 0.6) is 0 Å². The molecule has 4 heterocycles. The van der Waals surface area contributed by atoms with Gasteiger partial charge in [-0.05, 0) is 0 Å². The summed E-state index contributed by atoms with van der Waals surface area (Å²) in [7, 11) is 0. The zero-order valence-corrected chi connectivity index (χ0v) is 37.9. The van der Waals surface area contributed by atoms with Crippen molar-refractivity contribution in [1.29, 1.82) is 31.6 Å². The third-order valence-corrected chi connectivity index (χ3v) is 13.4. The van der Waals surface area contributed by atoms with Crippen molar-refractivity contribution in [2.75, 3.05) is 0 Å². The molecule has 336 valence electrons. The molecule has 18 heteroatoms. The number of halogens is 4. The summed E-state index contributed by atoms with van der Waals surface area (Å²) in [6.07, 6.45) is 0. The monoisotopic (exact) mass is 976 g/mol. The SMILES string of the molecule is N#CC1=C(c2nc(-c3ccccc3)nc(-c3ccccc3)n2)/C(=C(\C#N)c2sc(C#N)c(F)c2F)C2=C1/C(=C(/C#N)c1sc(C#N)c(F)c1F)C(c1nc(-c3ccccc3)nc(-c3ccccc3)n1)=C2C#N. The van der Waals surface area contributed by atoms with E-state index in [0.717, 1.165) is 0 Å². The van der Waals surface area contributed by atoms with Crippen LogP contribution in [0.3, 0.4) is 0 Å². The highest BCUT2D eigenvalue weighted by atomic mass is 32.1. The Bertz CT molecular complexity index is 3700. The van der Waals surface area contributed by atoms with Crippen LogP contribution in [0.25, 0.3) is 67.8 Å². The Balaban J connectivity index is 1.40. The molecule has 8 aromatic rings. The fourth-order valence-electron chi connectivity index (χ4n) is 8.20. The molecule has 0 spiro atoms. The van der Waals surface area contributed by atoms with Gasteiger partial charge >= 0.3 is 0 Å². The average Bonchev–Trinajstić information content (AvgIpc) is 4.13. The maximum Gasteiger partial charge on any atom is 0.188 e. The van der Waals surface area contributed by atoms with Crippen LogP contribution >= 0.6 is 22.7 Å². The van der Waals surface area contributed by atoms with Crippen LogP contribution in [0.4, 0.5) is 17.6 Å². The van der Waals surface area contributed by atoms with Crippen molar-refractivity contribution in [3.8, 4) is 82.0 Å².